The van der Waals surface area contributed by atoms with E-state index in [2.05, 4.69) is 19.2 Å². The maximum Gasteiger partial charge on any atom is 0.472 e. The molecular weight excluding hydrogens is 1180 g/mol. The maximum absolute atomic E-state index is 13.1. The lowest BCUT2D eigenvalue weighted by Crippen LogP contribution is -2.46. The first-order chi connectivity index (χ1) is 46.0. The van der Waals surface area contributed by atoms with Crippen molar-refractivity contribution in [2.75, 3.05) is 40.9 Å². The van der Waals surface area contributed by atoms with E-state index in [0.717, 1.165) is 38.5 Å². The Morgan fingerprint density at radius 1 is 0.319 bits per heavy atom. The smallest absolute Gasteiger partial charge is 0.391 e. The molecule has 0 bridgehead atoms. The molecule has 0 aromatic rings. The molecule has 94 heavy (non-hydrogen) atoms. The number of quaternary nitrogens is 1. The highest BCUT2D eigenvalue weighted by Gasteiger charge is 2.28. The zero-order valence-electron chi connectivity index (χ0n) is 65.0. The first-order valence-corrected chi connectivity index (χ1v) is 44.9. The molecule has 0 aliphatic carbocycles. The Labute approximate surface area is 590 Å². The van der Waals surface area contributed by atoms with E-state index in [1.54, 1.807) is 0 Å². The van der Waals surface area contributed by atoms with Gasteiger partial charge in [-0.1, -0.05) is 470 Å². The van der Waals surface area contributed by atoms with Crippen molar-refractivity contribution in [3.63, 3.8) is 0 Å². The predicted molar refractivity (Wildman–Crippen MR) is 416 cm³/mol. The minimum absolute atomic E-state index is 0.0797. The van der Waals surface area contributed by atoms with Crippen LogP contribution < -0.4 is 5.32 Å². The highest BCUT2D eigenvalue weighted by molar-refractivity contribution is 7.47. The molecule has 0 spiro atoms. The number of aliphatic hydroxyl groups excluding tert-OH is 1. The van der Waals surface area contributed by atoms with E-state index in [1.165, 1.54) is 424 Å². The molecule has 0 aromatic heterocycles. The third-order valence-electron chi connectivity index (χ3n) is 20.9. The van der Waals surface area contributed by atoms with E-state index >= 15 is 0 Å². The first-order valence-electron chi connectivity index (χ1n) is 43.4. The van der Waals surface area contributed by atoms with Crippen LogP contribution in [0.1, 0.15) is 489 Å². The van der Waals surface area contributed by atoms with Gasteiger partial charge in [0.2, 0.25) is 5.91 Å². The van der Waals surface area contributed by atoms with Crippen molar-refractivity contribution < 1.29 is 32.9 Å². The van der Waals surface area contributed by atoms with Gasteiger partial charge in [-0.2, -0.15) is 0 Å². The Balaban J connectivity index is 3.83. The molecule has 3 N–H and O–H groups in total. The van der Waals surface area contributed by atoms with Gasteiger partial charge in [0.15, 0.2) is 0 Å². The van der Waals surface area contributed by atoms with Gasteiger partial charge in [0.1, 0.15) is 13.2 Å². The Morgan fingerprint density at radius 3 is 0.713 bits per heavy atom. The van der Waals surface area contributed by atoms with E-state index in [1.807, 2.05) is 21.1 Å². The van der Waals surface area contributed by atoms with Gasteiger partial charge in [-0.3, -0.25) is 13.8 Å². The number of amides is 1. The molecule has 3 unspecified atom stereocenters. The van der Waals surface area contributed by atoms with E-state index in [9.17, 15) is 19.4 Å². The molecule has 0 aromatic carbocycles. The quantitative estimate of drug-likeness (QED) is 0.0318. The molecule has 1 amide bonds. The predicted octanol–water partition coefficient (Wildman–Crippen LogP) is 28.6. The van der Waals surface area contributed by atoms with Gasteiger partial charge >= 0.3 is 7.82 Å². The standard InChI is InChI=1S/C85H173N2O6P/c1-6-8-10-12-14-16-18-20-22-24-26-28-30-32-34-36-38-39-40-41-42-43-44-45-46-47-49-51-53-55-57-59-61-63-65-67-69-71-73-75-77-79-85(89)86-83(82-93-94(90,91)92-81-80-87(3,4)5)84(88)78-76-74-72-70-68-66-64-62-60-58-56-54-52-50-48-37-35-33-31-29-27-25-23-21-19-17-15-13-11-9-7-2/h83-84,88H,6-82H2,1-5H3,(H-,86,89,90,91)/p+1. The second-order valence-electron chi connectivity index (χ2n) is 31.6. The number of unbranched alkanes of at least 4 members (excludes halogenated alkanes) is 70. The summed E-state index contributed by atoms with van der Waals surface area (Å²) < 4.78 is 24.0. The molecule has 0 radical (unpaired) electrons. The van der Waals surface area contributed by atoms with Crippen LogP contribution in [0, 0.1) is 0 Å². The summed E-state index contributed by atoms with van der Waals surface area (Å²) in [6.45, 7) is 4.98. The Hall–Kier alpha value is -0.500. The number of likely N-dealkylation sites (N-methyl/N-ethyl adjacent to an activating group) is 1. The van der Waals surface area contributed by atoms with Crippen LogP contribution in [-0.4, -0.2) is 73.4 Å². The number of carbonyl (C=O) groups excluding carboxylic acids is 1. The lowest BCUT2D eigenvalue weighted by atomic mass is 10.0. The van der Waals surface area contributed by atoms with Crippen LogP contribution in [0.15, 0.2) is 0 Å². The first kappa shape index (κ1) is 93.5. The molecule has 564 valence electrons. The van der Waals surface area contributed by atoms with Crippen LogP contribution in [0.4, 0.5) is 0 Å². The molecule has 0 aliphatic heterocycles. The van der Waals surface area contributed by atoms with Crippen molar-refractivity contribution in [3.05, 3.63) is 0 Å². The second-order valence-corrected chi connectivity index (χ2v) is 33.1. The molecule has 0 rings (SSSR count). The van der Waals surface area contributed by atoms with Crippen LogP contribution in [0.3, 0.4) is 0 Å². The number of hydrogen-bond acceptors (Lipinski definition) is 5. The summed E-state index contributed by atoms with van der Waals surface area (Å²) >= 11 is 0. The van der Waals surface area contributed by atoms with Crippen LogP contribution in [-0.2, 0) is 18.4 Å². The molecular formula is C85H174N2O6P+. The summed E-state index contributed by atoms with van der Waals surface area (Å²) in [6.07, 6.45) is 100. The van der Waals surface area contributed by atoms with Gasteiger partial charge in [0.25, 0.3) is 0 Å². The van der Waals surface area contributed by atoms with Gasteiger partial charge < -0.3 is 19.8 Å². The zero-order chi connectivity index (χ0) is 68.3. The normalized spacial score (nSPS) is 13.3. The third-order valence-corrected chi connectivity index (χ3v) is 21.8. The average molecular weight is 1350 g/mol. The van der Waals surface area contributed by atoms with Crippen LogP contribution in [0.2, 0.25) is 0 Å². The monoisotopic (exact) mass is 1350 g/mol. The molecule has 0 saturated heterocycles. The number of nitrogens with one attached hydrogen (secondary N) is 1. The van der Waals surface area contributed by atoms with Crippen molar-refractivity contribution in [2.45, 2.75) is 501 Å². The van der Waals surface area contributed by atoms with Crippen molar-refractivity contribution in [2.24, 2.45) is 0 Å². The minimum atomic E-state index is -4.33. The number of carbonyl (C=O) groups is 1. The Bertz CT molecular complexity index is 1490. The molecule has 0 heterocycles. The van der Waals surface area contributed by atoms with Gasteiger partial charge in [-0.25, -0.2) is 4.57 Å². The third kappa shape index (κ3) is 78.8. The number of phosphoric acid groups is 1. The SMILES string of the molecule is CCCCCCCCCCCCCCCCCCCCCCCCCCCCCCCCCCCCCCCCCCCC(=O)NC(COP(=O)(O)OCC[N+](C)(C)C)C(O)CCCCCCCCCCCCCCCCCCCCCCCCCCCCCCCCC. The average Bonchev–Trinajstić information content (AvgIpc) is 1.77. The number of nitrogens with zero attached hydrogens (tertiary/aromatic N) is 1. The van der Waals surface area contributed by atoms with Crippen LogP contribution in [0.25, 0.3) is 0 Å². The molecule has 8 nitrogen and oxygen atoms in total. The second kappa shape index (κ2) is 76.7. The van der Waals surface area contributed by atoms with E-state index in [4.69, 9.17) is 9.05 Å². The maximum atomic E-state index is 13.1. The molecule has 0 saturated carbocycles. The largest absolute Gasteiger partial charge is 0.472 e. The summed E-state index contributed by atoms with van der Waals surface area (Å²) in [5, 5.41) is 14.2. The lowest BCUT2D eigenvalue weighted by Gasteiger charge is -2.26. The Kier molecular flexibility index (Phi) is 76.3. The summed E-state index contributed by atoms with van der Waals surface area (Å²) in [7, 11) is 1.65. The summed E-state index contributed by atoms with van der Waals surface area (Å²) in [5.74, 6) is -0.131. The highest BCUT2D eigenvalue weighted by atomic mass is 31.2. The van der Waals surface area contributed by atoms with Crippen LogP contribution in [0.5, 0.6) is 0 Å². The van der Waals surface area contributed by atoms with E-state index in [-0.39, 0.29) is 19.1 Å². The summed E-state index contributed by atoms with van der Waals surface area (Å²) in [5.41, 5.74) is 0. The molecule has 9 heteroatoms. The van der Waals surface area contributed by atoms with Crippen LogP contribution >= 0.6 is 7.82 Å². The Morgan fingerprint density at radius 2 is 0.511 bits per heavy atom. The highest BCUT2D eigenvalue weighted by Crippen LogP contribution is 2.43. The topological polar surface area (TPSA) is 105 Å². The minimum Gasteiger partial charge on any atom is -0.391 e. The zero-order valence-corrected chi connectivity index (χ0v) is 65.9. The van der Waals surface area contributed by atoms with E-state index in [0.29, 0.717) is 23.9 Å². The molecule has 0 fully saturated rings. The van der Waals surface area contributed by atoms with E-state index < -0.39 is 20.0 Å². The lowest BCUT2D eigenvalue weighted by molar-refractivity contribution is -0.870. The van der Waals surface area contributed by atoms with Crippen molar-refractivity contribution in [1.29, 1.82) is 0 Å². The fourth-order valence-electron chi connectivity index (χ4n) is 14.2. The van der Waals surface area contributed by atoms with Gasteiger partial charge in [-0.15, -0.1) is 0 Å². The summed E-state index contributed by atoms with van der Waals surface area (Å²) in [4.78, 5) is 23.6. The number of aliphatic hydroxyl groups is 1. The van der Waals surface area contributed by atoms with Gasteiger partial charge in [-0.05, 0) is 12.8 Å². The molecule has 3 atom stereocenters. The van der Waals surface area contributed by atoms with Crippen molar-refractivity contribution in [1.82, 2.24) is 5.32 Å². The molecule has 0 aliphatic rings. The van der Waals surface area contributed by atoms with Crippen molar-refractivity contribution >= 4 is 13.7 Å². The number of rotatable bonds is 83. The van der Waals surface area contributed by atoms with Gasteiger partial charge in [0.05, 0.1) is 39.9 Å². The van der Waals surface area contributed by atoms with Crippen molar-refractivity contribution in [3.8, 4) is 0 Å². The summed E-state index contributed by atoms with van der Waals surface area (Å²) in [6, 6.07) is -0.758. The fourth-order valence-corrected chi connectivity index (χ4v) is 14.9. The number of phosphoric ester groups is 1. The fraction of sp³-hybridized carbons (Fsp3) is 0.988. The number of hydrogen-bond donors (Lipinski definition) is 3. The van der Waals surface area contributed by atoms with Gasteiger partial charge in [0, 0.05) is 6.42 Å².